The summed E-state index contributed by atoms with van der Waals surface area (Å²) >= 11 is 0. The Morgan fingerprint density at radius 2 is 0.571 bits per heavy atom. The molecular formula is C54H90N2. The molecule has 0 radical (unpaired) electrons. The van der Waals surface area contributed by atoms with Gasteiger partial charge < -0.3 is 0 Å². The van der Waals surface area contributed by atoms with Gasteiger partial charge in [-0.2, -0.15) is 0 Å². The van der Waals surface area contributed by atoms with Gasteiger partial charge in [0.25, 0.3) is 0 Å². The van der Waals surface area contributed by atoms with Gasteiger partial charge in [-0.25, -0.2) is 0 Å². The molecule has 0 amide bonds. The van der Waals surface area contributed by atoms with Crippen LogP contribution in [0.3, 0.4) is 0 Å². The van der Waals surface area contributed by atoms with Crippen LogP contribution in [0.25, 0.3) is 0 Å². The molecule has 11 fully saturated rings. The molecule has 2 nitrogen and oxygen atoms in total. The first-order valence-electron chi connectivity index (χ1n) is 27.3. The van der Waals surface area contributed by atoms with E-state index in [0.717, 1.165) is 107 Å². The van der Waals surface area contributed by atoms with Crippen molar-refractivity contribution in [1.82, 2.24) is 9.80 Å². The van der Waals surface area contributed by atoms with Crippen molar-refractivity contribution >= 4 is 0 Å². The van der Waals surface area contributed by atoms with Gasteiger partial charge in [0.1, 0.15) is 0 Å². The molecule has 14 atom stereocenters. The van der Waals surface area contributed by atoms with Gasteiger partial charge >= 0.3 is 0 Å². The van der Waals surface area contributed by atoms with Crippen molar-refractivity contribution in [3.05, 3.63) is 0 Å². The van der Waals surface area contributed by atoms with Crippen LogP contribution >= 0.6 is 0 Å². The highest BCUT2D eigenvalue weighted by molar-refractivity contribution is 5.10. The first-order chi connectivity index (χ1) is 27.8. The molecule has 316 valence electrons. The fourth-order valence-corrected chi connectivity index (χ4v) is 19.7. The minimum atomic E-state index is 0.945. The maximum atomic E-state index is 3.44. The van der Waals surface area contributed by atoms with E-state index in [0.29, 0.717) is 0 Å². The average molecular weight is 767 g/mol. The zero-order valence-electron chi connectivity index (χ0n) is 36.7. The molecule has 9 saturated carbocycles. The van der Waals surface area contributed by atoms with Crippen LogP contribution in [0.4, 0.5) is 0 Å². The molecular weight excluding hydrogens is 677 g/mol. The van der Waals surface area contributed by atoms with E-state index in [-0.39, 0.29) is 0 Å². The summed E-state index contributed by atoms with van der Waals surface area (Å²) in [5.41, 5.74) is 0. The number of nitrogens with zero attached hydrogens (tertiary/aromatic N) is 2. The van der Waals surface area contributed by atoms with Gasteiger partial charge in [-0.1, -0.05) is 135 Å². The van der Waals surface area contributed by atoms with Crippen molar-refractivity contribution in [2.75, 3.05) is 0 Å². The SMILES string of the molecule is C1CCC(C2CCCC(N3C4CCCCC4C4CC(C5CCC6C(C5)C5CCCCC5N6C5CC(C6CCCCC6)CC(C6CCCCC6)C5)CCC43)C2)CC1. The number of hydrogen-bond donors (Lipinski definition) is 0. The van der Waals surface area contributed by atoms with E-state index in [1.807, 2.05) is 0 Å². The molecule has 0 spiro atoms. The molecule has 0 aromatic heterocycles. The number of hydrogen-bond acceptors (Lipinski definition) is 2. The van der Waals surface area contributed by atoms with E-state index in [1.165, 1.54) is 38.5 Å². The van der Waals surface area contributed by atoms with Gasteiger partial charge in [0.15, 0.2) is 0 Å². The predicted molar refractivity (Wildman–Crippen MR) is 234 cm³/mol. The average Bonchev–Trinajstić information content (AvgIpc) is 3.79. The smallest absolute Gasteiger partial charge is 0.0133 e. The second kappa shape index (κ2) is 17.4. The first kappa shape index (κ1) is 38.8. The van der Waals surface area contributed by atoms with Crippen molar-refractivity contribution in [2.45, 2.75) is 267 Å². The maximum absolute atomic E-state index is 3.44. The zero-order valence-corrected chi connectivity index (χ0v) is 36.7. The van der Waals surface area contributed by atoms with Crippen LogP contribution < -0.4 is 0 Å². The Labute approximate surface area is 347 Å². The van der Waals surface area contributed by atoms with E-state index < -0.39 is 0 Å². The highest BCUT2D eigenvalue weighted by Gasteiger charge is 2.58. The molecule has 2 saturated heterocycles. The Morgan fingerprint density at radius 3 is 1.09 bits per heavy atom. The van der Waals surface area contributed by atoms with E-state index in [9.17, 15) is 0 Å². The second-order valence-corrected chi connectivity index (χ2v) is 24.2. The van der Waals surface area contributed by atoms with Crippen LogP contribution in [0, 0.1) is 71.0 Å². The second-order valence-electron chi connectivity index (χ2n) is 24.2. The number of fused-ring (bicyclic) bond motifs is 6. The summed E-state index contributed by atoms with van der Waals surface area (Å²) in [4.78, 5) is 6.81. The van der Waals surface area contributed by atoms with Gasteiger partial charge in [-0.05, 0) is 167 Å². The van der Waals surface area contributed by atoms with Gasteiger partial charge in [0.05, 0.1) is 0 Å². The van der Waals surface area contributed by atoms with E-state index >= 15 is 0 Å². The summed E-state index contributed by atoms with van der Waals surface area (Å²) in [5.74, 6) is 12.8. The molecule has 2 heterocycles. The summed E-state index contributed by atoms with van der Waals surface area (Å²) in [6.45, 7) is 0. The molecule has 14 unspecified atom stereocenters. The fourth-order valence-electron chi connectivity index (χ4n) is 19.7. The van der Waals surface area contributed by atoms with Crippen molar-refractivity contribution in [2.24, 2.45) is 71.0 Å². The Morgan fingerprint density at radius 1 is 0.196 bits per heavy atom. The van der Waals surface area contributed by atoms with Crippen molar-refractivity contribution in [1.29, 1.82) is 0 Å². The normalized spacial score (nSPS) is 49.2. The number of likely N-dealkylation sites (tertiary alicyclic amines) is 2. The molecule has 11 aliphatic rings. The van der Waals surface area contributed by atoms with Crippen molar-refractivity contribution < 1.29 is 0 Å². The minimum absolute atomic E-state index is 0.945. The summed E-state index contributed by atoms with van der Waals surface area (Å²) in [5, 5.41) is 0. The van der Waals surface area contributed by atoms with Crippen LogP contribution in [-0.4, -0.2) is 46.1 Å². The summed E-state index contributed by atoms with van der Waals surface area (Å²) in [7, 11) is 0. The van der Waals surface area contributed by atoms with Gasteiger partial charge in [-0.3, -0.25) is 9.80 Å². The van der Waals surface area contributed by atoms with Crippen LogP contribution in [-0.2, 0) is 0 Å². The van der Waals surface area contributed by atoms with E-state index in [4.69, 9.17) is 0 Å². The molecule has 0 bridgehead atoms. The van der Waals surface area contributed by atoms with Gasteiger partial charge in [-0.15, -0.1) is 0 Å². The van der Waals surface area contributed by atoms with Crippen LogP contribution in [0.2, 0.25) is 0 Å². The lowest BCUT2D eigenvalue weighted by Crippen LogP contribution is -2.51. The Balaban J connectivity index is 0.789. The monoisotopic (exact) mass is 767 g/mol. The highest BCUT2D eigenvalue weighted by Crippen LogP contribution is 2.59. The Kier molecular flexibility index (Phi) is 12.0. The number of rotatable bonds is 6. The molecule has 0 aromatic carbocycles. The third-order valence-corrected chi connectivity index (χ3v) is 21.9. The van der Waals surface area contributed by atoms with Gasteiger partial charge in [0.2, 0.25) is 0 Å². The zero-order chi connectivity index (χ0) is 37.0. The topological polar surface area (TPSA) is 6.48 Å². The quantitative estimate of drug-likeness (QED) is 0.266. The lowest BCUT2D eigenvalue weighted by molar-refractivity contribution is -0.00583. The Bertz CT molecular complexity index is 1230. The summed E-state index contributed by atoms with van der Waals surface area (Å²) in [6, 6.07) is 5.77. The molecule has 9 aliphatic carbocycles. The molecule has 11 rings (SSSR count). The van der Waals surface area contributed by atoms with Crippen LogP contribution in [0.1, 0.15) is 231 Å². The third-order valence-electron chi connectivity index (χ3n) is 21.9. The molecule has 2 heteroatoms. The lowest BCUT2D eigenvalue weighted by Gasteiger charge is -2.50. The highest BCUT2D eigenvalue weighted by atomic mass is 15.3. The molecule has 0 aromatic rings. The van der Waals surface area contributed by atoms with Gasteiger partial charge in [0, 0.05) is 36.3 Å². The predicted octanol–water partition coefficient (Wildman–Crippen LogP) is 14.4. The van der Waals surface area contributed by atoms with E-state index in [1.54, 1.807) is 193 Å². The summed E-state index contributed by atoms with van der Waals surface area (Å²) in [6.07, 6.45) is 56.6. The van der Waals surface area contributed by atoms with Crippen molar-refractivity contribution in [3.63, 3.8) is 0 Å². The van der Waals surface area contributed by atoms with Crippen molar-refractivity contribution in [3.8, 4) is 0 Å². The lowest BCUT2D eigenvalue weighted by atomic mass is 9.62. The minimum Gasteiger partial charge on any atom is -0.294 e. The largest absolute Gasteiger partial charge is 0.294 e. The third kappa shape index (κ3) is 7.50. The van der Waals surface area contributed by atoms with Crippen LogP contribution in [0.5, 0.6) is 0 Å². The van der Waals surface area contributed by atoms with E-state index in [2.05, 4.69) is 9.80 Å². The fraction of sp³-hybridized carbons (Fsp3) is 1.00. The molecule has 56 heavy (non-hydrogen) atoms. The molecule has 2 aliphatic heterocycles. The summed E-state index contributed by atoms with van der Waals surface area (Å²) < 4.78 is 0. The standard InChI is InChI=1S/C54H90N2/c1-4-15-37(16-5-1)40-21-14-22-45(32-40)55-51-25-12-10-23-47(51)49-35-41(27-29-53(49)55)42-28-30-54-50(36-42)48-24-11-13-26-52(48)56(54)46-33-43(38-17-6-2-7-18-38)31-44(34-46)39-19-8-3-9-20-39/h37-54H,1-36H2. The van der Waals surface area contributed by atoms with Crippen LogP contribution in [0.15, 0.2) is 0 Å². The molecule has 0 N–H and O–H groups in total. The maximum Gasteiger partial charge on any atom is 0.0133 e. The Hall–Kier alpha value is -0.0800. The first-order valence-corrected chi connectivity index (χ1v) is 27.3.